The van der Waals surface area contributed by atoms with Crippen molar-refractivity contribution in [3.63, 3.8) is 0 Å². The summed E-state index contributed by atoms with van der Waals surface area (Å²) in [6.45, 7) is 0. The van der Waals surface area contributed by atoms with Crippen LogP contribution in [-0.4, -0.2) is 0 Å². The highest BCUT2D eigenvalue weighted by atomic mass is 14.6. The number of hydrogen-bond acceptors (Lipinski definition) is 0. The zero-order valence-electron chi connectivity index (χ0n) is 37.7. The molecular formula is C57H94. The first kappa shape index (κ1) is 39.8. The molecule has 17 atom stereocenters. The summed E-state index contributed by atoms with van der Waals surface area (Å²) >= 11 is 0. The Balaban J connectivity index is 0.833. The predicted molar refractivity (Wildman–Crippen MR) is 241 cm³/mol. The molecule has 0 saturated heterocycles. The molecule has 0 radical (unpaired) electrons. The number of fused-ring (bicyclic) bond motifs is 5. The second kappa shape index (κ2) is 18.0. The van der Waals surface area contributed by atoms with Crippen LogP contribution >= 0.6 is 0 Å². The molecule has 11 aliphatic carbocycles. The summed E-state index contributed by atoms with van der Waals surface area (Å²) in [7, 11) is 0. The molecule has 0 spiro atoms. The van der Waals surface area contributed by atoms with Gasteiger partial charge in [0.1, 0.15) is 0 Å². The van der Waals surface area contributed by atoms with Crippen LogP contribution in [0.2, 0.25) is 0 Å². The van der Waals surface area contributed by atoms with E-state index in [0.717, 1.165) is 118 Å². The van der Waals surface area contributed by atoms with E-state index in [1.165, 1.54) is 12.8 Å². The van der Waals surface area contributed by atoms with Gasteiger partial charge in [-0.25, -0.2) is 0 Å². The zero-order valence-corrected chi connectivity index (χ0v) is 37.7. The third-order valence-electron chi connectivity index (χ3n) is 23.4. The molecule has 0 aliphatic heterocycles. The quantitative estimate of drug-likeness (QED) is 0.252. The number of hydrogen-bond donors (Lipinski definition) is 0. The summed E-state index contributed by atoms with van der Waals surface area (Å²) in [5.74, 6) is 22.3. The lowest BCUT2D eigenvalue weighted by molar-refractivity contribution is -0.0267. The van der Waals surface area contributed by atoms with Gasteiger partial charge in [0, 0.05) is 0 Å². The van der Waals surface area contributed by atoms with Crippen molar-refractivity contribution in [1.82, 2.24) is 0 Å². The fraction of sp³-hybridized carbons (Fsp3) is 1.00. The van der Waals surface area contributed by atoms with E-state index in [4.69, 9.17) is 0 Å². The third kappa shape index (κ3) is 8.45. The SMILES string of the molecule is C1CCC(C2CCC3CC(C4CC(C5CCCC(C6CCCCC6)C5)CC(C5CC(C6CCCCC6)C6CC7CC8CCCCC8CC7C6C5)C4)CCC3C2)CC1. The second-order valence-electron chi connectivity index (χ2n) is 25.7. The van der Waals surface area contributed by atoms with E-state index in [-0.39, 0.29) is 0 Å². The van der Waals surface area contributed by atoms with Gasteiger partial charge in [-0.1, -0.05) is 141 Å². The molecule has 57 heavy (non-hydrogen) atoms. The van der Waals surface area contributed by atoms with Crippen LogP contribution in [0.1, 0.15) is 238 Å². The molecule has 11 fully saturated rings. The Labute approximate surface area is 354 Å². The molecule has 322 valence electrons. The molecule has 0 aromatic heterocycles. The van der Waals surface area contributed by atoms with Crippen LogP contribution in [0.4, 0.5) is 0 Å². The minimum atomic E-state index is 1.10. The Kier molecular flexibility index (Phi) is 12.6. The fourth-order valence-electron chi connectivity index (χ4n) is 20.7. The first-order valence-electron chi connectivity index (χ1n) is 28.2. The summed E-state index contributed by atoms with van der Waals surface area (Å²) in [6, 6.07) is 0. The minimum absolute atomic E-state index is 1.10. The van der Waals surface area contributed by atoms with Crippen molar-refractivity contribution >= 4 is 0 Å². The van der Waals surface area contributed by atoms with Crippen molar-refractivity contribution in [3.8, 4) is 0 Å². The van der Waals surface area contributed by atoms with Gasteiger partial charge in [0.25, 0.3) is 0 Å². The largest absolute Gasteiger partial charge is 0.0533 e. The summed E-state index contributed by atoms with van der Waals surface area (Å²) in [4.78, 5) is 0. The summed E-state index contributed by atoms with van der Waals surface area (Å²) < 4.78 is 0. The van der Waals surface area contributed by atoms with E-state index in [2.05, 4.69) is 0 Å². The van der Waals surface area contributed by atoms with E-state index >= 15 is 0 Å². The lowest BCUT2D eigenvalue weighted by atomic mass is 9.53. The molecule has 0 heteroatoms. The summed E-state index contributed by atoms with van der Waals surface area (Å²) in [6.07, 6.45) is 59.8. The first-order valence-corrected chi connectivity index (χ1v) is 28.2. The Morgan fingerprint density at radius 2 is 0.368 bits per heavy atom. The first-order chi connectivity index (χ1) is 28.2. The highest BCUT2D eigenvalue weighted by molar-refractivity contribution is 5.05. The standard InChI is InChI=1S/C57H94/c1-4-13-38(14-5-1)41-21-12-22-43(27-41)49-31-50(48-26-25-46-28-45(23-24-47(46)29-48)39-15-6-2-7-16-39)33-51(32-49)52-35-54(40-17-8-3-9-18-40)57-37-53-30-42-19-10-11-20-44(42)34-55(53)56(57)36-52/h38-57H,1-37H2. The van der Waals surface area contributed by atoms with Crippen molar-refractivity contribution in [2.75, 3.05) is 0 Å². The molecule has 0 bridgehead atoms. The van der Waals surface area contributed by atoms with Crippen LogP contribution in [0, 0.1) is 118 Å². The Bertz CT molecular complexity index is 1260. The van der Waals surface area contributed by atoms with E-state index in [9.17, 15) is 0 Å². The highest BCUT2D eigenvalue weighted by Gasteiger charge is 2.56. The molecule has 0 aromatic rings. The van der Waals surface area contributed by atoms with Crippen LogP contribution in [0.25, 0.3) is 0 Å². The monoisotopic (exact) mass is 779 g/mol. The Morgan fingerprint density at radius 1 is 0.123 bits per heavy atom. The predicted octanol–water partition coefficient (Wildman–Crippen LogP) is 16.9. The van der Waals surface area contributed by atoms with E-state index in [1.807, 2.05) is 0 Å². The van der Waals surface area contributed by atoms with Crippen LogP contribution in [0.3, 0.4) is 0 Å². The van der Waals surface area contributed by atoms with E-state index in [1.54, 1.807) is 225 Å². The summed E-state index contributed by atoms with van der Waals surface area (Å²) in [5, 5.41) is 0. The van der Waals surface area contributed by atoms with Gasteiger partial charge in [-0.15, -0.1) is 0 Å². The van der Waals surface area contributed by atoms with Gasteiger partial charge in [-0.2, -0.15) is 0 Å². The zero-order chi connectivity index (χ0) is 37.7. The van der Waals surface area contributed by atoms with E-state index in [0.29, 0.717) is 0 Å². The van der Waals surface area contributed by atoms with Crippen molar-refractivity contribution in [2.45, 2.75) is 238 Å². The maximum absolute atomic E-state index is 1.71. The normalized spacial score (nSPS) is 50.6. The lowest BCUT2D eigenvalue weighted by Gasteiger charge is -2.53. The van der Waals surface area contributed by atoms with Crippen LogP contribution in [-0.2, 0) is 0 Å². The van der Waals surface area contributed by atoms with Crippen LogP contribution in [0.15, 0.2) is 0 Å². The maximum Gasteiger partial charge on any atom is -0.0349 e. The minimum Gasteiger partial charge on any atom is -0.0533 e. The second-order valence-corrected chi connectivity index (χ2v) is 25.7. The Hall–Kier alpha value is 0. The van der Waals surface area contributed by atoms with Gasteiger partial charge in [0.15, 0.2) is 0 Å². The molecule has 17 unspecified atom stereocenters. The van der Waals surface area contributed by atoms with E-state index < -0.39 is 0 Å². The van der Waals surface area contributed by atoms with Gasteiger partial charge in [-0.3, -0.25) is 0 Å². The maximum atomic E-state index is 1.71. The average Bonchev–Trinajstić information content (AvgIpc) is 3.65. The van der Waals surface area contributed by atoms with Crippen molar-refractivity contribution < 1.29 is 0 Å². The van der Waals surface area contributed by atoms with Crippen molar-refractivity contribution in [3.05, 3.63) is 0 Å². The molecule has 0 aromatic carbocycles. The van der Waals surface area contributed by atoms with Gasteiger partial charge in [0.05, 0.1) is 0 Å². The molecule has 11 rings (SSSR count). The van der Waals surface area contributed by atoms with Crippen molar-refractivity contribution in [2.24, 2.45) is 118 Å². The third-order valence-corrected chi connectivity index (χ3v) is 23.4. The lowest BCUT2D eigenvalue weighted by Crippen LogP contribution is -2.43. The Morgan fingerprint density at radius 3 is 0.930 bits per heavy atom. The van der Waals surface area contributed by atoms with Gasteiger partial charge < -0.3 is 0 Å². The fourth-order valence-corrected chi connectivity index (χ4v) is 20.7. The van der Waals surface area contributed by atoms with Gasteiger partial charge in [0.2, 0.25) is 0 Å². The molecule has 0 N–H and O–H groups in total. The number of rotatable bonds is 6. The smallest absolute Gasteiger partial charge is 0.0349 e. The average molecular weight is 779 g/mol. The topological polar surface area (TPSA) is 0 Å². The van der Waals surface area contributed by atoms with Crippen LogP contribution in [0.5, 0.6) is 0 Å². The molecule has 11 aliphatic rings. The highest BCUT2D eigenvalue weighted by Crippen LogP contribution is 2.64. The van der Waals surface area contributed by atoms with Gasteiger partial charge in [-0.05, 0) is 215 Å². The molecule has 0 amide bonds. The summed E-state index contributed by atoms with van der Waals surface area (Å²) in [5.41, 5.74) is 0. The molecule has 11 saturated carbocycles. The molecule has 0 heterocycles. The van der Waals surface area contributed by atoms with Crippen molar-refractivity contribution in [1.29, 1.82) is 0 Å². The van der Waals surface area contributed by atoms with Crippen LogP contribution < -0.4 is 0 Å². The molecule has 0 nitrogen and oxygen atoms in total. The molecular weight excluding hydrogens is 685 g/mol. The van der Waals surface area contributed by atoms with Gasteiger partial charge >= 0.3 is 0 Å².